The molecule has 20 heavy (non-hydrogen) atoms. The zero-order chi connectivity index (χ0) is 14.7. The Hall–Kier alpha value is -1.50. The molecule has 0 saturated carbocycles. The van der Waals surface area contributed by atoms with Gasteiger partial charge >= 0.3 is 0 Å². The zero-order valence-electron chi connectivity index (χ0n) is 10.1. The van der Waals surface area contributed by atoms with E-state index < -0.39 is 0 Å². The van der Waals surface area contributed by atoms with Crippen LogP contribution in [-0.4, -0.2) is 15.9 Å². The third-order valence-corrected chi connectivity index (χ3v) is 3.49. The number of nitrogens with zero attached hydrogens (tertiary/aromatic N) is 1. The Kier molecular flexibility index (Phi) is 4.69. The largest absolute Gasteiger partial charge is 0.389 e. The van der Waals surface area contributed by atoms with Gasteiger partial charge in [0, 0.05) is 16.2 Å². The first-order valence-electron chi connectivity index (χ1n) is 5.49. The Labute approximate surface area is 134 Å². The van der Waals surface area contributed by atoms with E-state index in [2.05, 4.69) is 26.2 Å². The number of pyridine rings is 1. The molecule has 0 aliphatic carbocycles. The highest BCUT2D eigenvalue weighted by atomic mass is 79.9. The first-order valence-corrected chi connectivity index (χ1v) is 7.07. The summed E-state index contributed by atoms with van der Waals surface area (Å²) in [4.78, 5) is 16.3. The summed E-state index contributed by atoms with van der Waals surface area (Å²) in [5.41, 5.74) is 6.90. The molecule has 0 saturated heterocycles. The second-order valence-corrected chi connectivity index (χ2v) is 5.64. The van der Waals surface area contributed by atoms with Crippen LogP contribution in [0.4, 0.5) is 5.69 Å². The van der Waals surface area contributed by atoms with Crippen molar-refractivity contribution in [1.29, 1.82) is 0 Å². The Balaban J connectivity index is 2.25. The molecule has 0 aliphatic heterocycles. The smallest absolute Gasteiger partial charge is 0.274 e. The molecule has 0 spiro atoms. The molecular formula is C13H9BrClN3OS. The molecule has 1 amide bonds. The number of carbonyl (C=O) groups excluding carboxylic acids is 1. The van der Waals surface area contributed by atoms with Gasteiger partial charge in [0.1, 0.15) is 10.7 Å². The van der Waals surface area contributed by atoms with Gasteiger partial charge in [-0.15, -0.1) is 0 Å². The van der Waals surface area contributed by atoms with Crippen LogP contribution in [0, 0.1) is 0 Å². The predicted molar refractivity (Wildman–Crippen MR) is 87.2 cm³/mol. The summed E-state index contributed by atoms with van der Waals surface area (Å²) in [5.74, 6) is -0.362. The molecule has 7 heteroatoms. The fourth-order valence-electron chi connectivity index (χ4n) is 1.47. The minimum Gasteiger partial charge on any atom is -0.389 e. The van der Waals surface area contributed by atoms with Crippen LogP contribution < -0.4 is 11.1 Å². The maximum Gasteiger partial charge on any atom is 0.274 e. The highest BCUT2D eigenvalue weighted by Crippen LogP contribution is 2.23. The lowest BCUT2D eigenvalue weighted by Crippen LogP contribution is -2.15. The molecule has 102 valence electrons. The molecule has 2 rings (SSSR count). The monoisotopic (exact) mass is 369 g/mol. The number of nitrogens with one attached hydrogen (secondary N) is 1. The number of rotatable bonds is 3. The molecule has 1 heterocycles. The SMILES string of the molecule is NC(=S)c1ccc(Cl)c(NC(=O)c2ccc(Br)cn2)c1. The van der Waals surface area contributed by atoms with Gasteiger partial charge in [0.2, 0.25) is 0 Å². The molecule has 0 radical (unpaired) electrons. The van der Waals surface area contributed by atoms with Crippen molar-refractivity contribution in [3.8, 4) is 0 Å². The van der Waals surface area contributed by atoms with E-state index in [1.807, 2.05) is 0 Å². The molecule has 0 fully saturated rings. The minimum absolute atomic E-state index is 0.235. The predicted octanol–water partition coefficient (Wildman–Crippen LogP) is 3.38. The molecule has 3 N–H and O–H groups in total. The molecule has 2 aromatic rings. The van der Waals surface area contributed by atoms with Gasteiger partial charge in [0.15, 0.2) is 0 Å². The standard InChI is InChI=1S/C13H9BrClN3OS/c14-8-2-4-10(17-6-8)13(19)18-11-5-7(12(16)20)1-3-9(11)15/h1-6H,(H2,16,20)(H,18,19). The number of aromatic nitrogens is 1. The molecule has 0 unspecified atom stereocenters. The number of amides is 1. The van der Waals surface area contributed by atoms with Crippen LogP contribution in [0.2, 0.25) is 5.02 Å². The Morgan fingerprint density at radius 3 is 2.70 bits per heavy atom. The summed E-state index contributed by atoms with van der Waals surface area (Å²) in [7, 11) is 0. The van der Waals surface area contributed by atoms with E-state index in [-0.39, 0.29) is 16.6 Å². The summed E-state index contributed by atoms with van der Waals surface area (Å²) >= 11 is 14.2. The number of halogens is 2. The molecular weight excluding hydrogens is 362 g/mol. The lowest BCUT2D eigenvalue weighted by molar-refractivity contribution is 0.102. The first-order chi connectivity index (χ1) is 9.47. The van der Waals surface area contributed by atoms with E-state index in [4.69, 9.17) is 29.6 Å². The van der Waals surface area contributed by atoms with E-state index in [9.17, 15) is 4.79 Å². The number of carbonyl (C=O) groups is 1. The van der Waals surface area contributed by atoms with Crippen LogP contribution in [0.15, 0.2) is 41.0 Å². The molecule has 0 aliphatic rings. The fraction of sp³-hybridized carbons (Fsp3) is 0. The molecule has 0 atom stereocenters. The Morgan fingerprint density at radius 1 is 1.35 bits per heavy atom. The van der Waals surface area contributed by atoms with Gasteiger partial charge in [-0.25, -0.2) is 4.98 Å². The Morgan fingerprint density at radius 2 is 2.10 bits per heavy atom. The first kappa shape index (κ1) is 14.9. The van der Waals surface area contributed by atoms with Crippen molar-refractivity contribution in [1.82, 2.24) is 4.98 Å². The van der Waals surface area contributed by atoms with Crippen LogP contribution in [0.5, 0.6) is 0 Å². The van der Waals surface area contributed by atoms with Crippen molar-refractivity contribution in [2.75, 3.05) is 5.32 Å². The number of nitrogens with two attached hydrogens (primary N) is 1. The van der Waals surface area contributed by atoms with Gasteiger partial charge in [-0.2, -0.15) is 0 Å². The topological polar surface area (TPSA) is 68.0 Å². The van der Waals surface area contributed by atoms with E-state index in [0.717, 1.165) is 4.47 Å². The van der Waals surface area contributed by atoms with Gasteiger partial charge in [0.05, 0.1) is 10.7 Å². The van der Waals surface area contributed by atoms with Crippen LogP contribution in [0.1, 0.15) is 16.1 Å². The van der Waals surface area contributed by atoms with E-state index >= 15 is 0 Å². The fourth-order valence-corrected chi connectivity index (χ4v) is 2.00. The van der Waals surface area contributed by atoms with Crippen molar-refractivity contribution in [3.05, 3.63) is 57.3 Å². The summed E-state index contributed by atoms with van der Waals surface area (Å²) in [6, 6.07) is 8.28. The third kappa shape index (κ3) is 3.53. The van der Waals surface area contributed by atoms with Gasteiger partial charge < -0.3 is 11.1 Å². The van der Waals surface area contributed by atoms with Crippen LogP contribution in [-0.2, 0) is 0 Å². The Bertz CT molecular complexity index is 676. The van der Waals surface area contributed by atoms with E-state index in [1.165, 1.54) is 0 Å². The van der Waals surface area contributed by atoms with E-state index in [0.29, 0.717) is 16.3 Å². The summed E-state index contributed by atoms with van der Waals surface area (Å²) in [6.45, 7) is 0. The van der Waals surface area contributed by atoms with Gasteiger partial charge in [-0.1, -0.05) is 29.9 Å². The third-order valence-electron chi connectivity index (χ3n) is 2.46. The number of hydrogen-bond donors (Lipinski definition) is 2. The van der Waals surface area contributed by atoms with Crippen molar-refractivity contribution >= 4 is 56.3 Å². The van der Waals surface area contributed by atoms with E-state index in [1.54, 1.807) is 36.5 Å². The lowest BCUT2D eigenvalue weighted by Gasteiger charge is -2.08. The van der Waals surface area contributed by atoms with Gasteiger partial charge in [-0.05, 0) is 40.2 Å². The summed E-state index contributed by atoms with van der Waals surface area (Å²) in [6.07, 6.45) is 1.54. The van der Waals surface area contributed by atoms with Crippen molar-refractivity contribution in [2.45, 2.75) is 0 Å². The minimum atomic E-state index is -0.362. The maximum atomic E-state index is 12.0. The molecule has 4 nitrogen and oxygen atoms in total. The van der Waals surface area contributed by atoms with Crippen LogP contribution in [0.25, 0.3) is 0 Å². The summed E-state index contributed by atoms with van der Waals surface area (Å²) < 4.78 is 0.794. The average Bonchev–Trinajstić information content (AvgIpc) is 2.41. The number of hydrogen-bond acceptors (Lipinski definition) is 3. The van der Waals surface area contributed by atoms with Crippen LogP contribution in [0.3, 0.4) is 0 Å². The lowest BCUT2D eigenvalue weighted by atomic mass is 10.2. The van der Waals surface area contributed by atoms with Crippen molar-refractivity contribution in [3.63, 3.8) is 0 Å². The number of anilines is 1. The van der Waals surface area contributed by atoms with Gasteiger partial charge in [-0.3, -0.25) is 4.79 Å². The number of thiocarbonyl (C=S) groups is 1. The average molecular weight is 371 g/mol. The maximum absolute atomic E-state index is 12.0. The molecule has 1 aromatic heterocycles. The second-order valence-electron chi connectivity index (χ2n) is 3.87. The van der Waals surface area contributed by atoms with Crippen molar-refractivity contribution in [2.24, 2.45) is 5.73 Å². The summed E-state index contributed by atoms with van der Waals surface area (Å²) in [5, 5.41) is 3.08. The van der Waals surface area contributed by atoms with Crippen molar-refractivity contribution < 1.29 is 4.79 Å². The second kappa shape index (κ2) is 6.30. The highest BCUT2D eigenvalue weighted by Gasteiger charge is 2.11. The highest BCUT2D eigenvalue weighted by molar-refractivity contribution is 9.10. The zero-order valence-corrected chi connectivity index (χ0v) is 13.2. The van der Waals surface area contributed by atoms with Crippen LogP contribution >= 0.6 is 39.7 Å². The quantitative estimate of drug-likeness (QED) is 0.813. The number of benzene rings is 1. The molecule has 1 aromatic carbocycles. The molecule has 0 bridgehead atoms. The normalized spacial score (nSPS) is 10.1. The van der Waals surface area contributed by atoms with Gasteiger partial charge in [0.25, 0.3) is 5.91 Å².